The highest BCUT2D eigenvalue weighted by Gasteiger charge is 2.63. The van der Waals surface area contributed by atoms with Crippen molar-refractivity contribution < 1.29 is 0 Å². The van der Waals surface area contributed by atoms with Gasteiger partial charge in [0.05, 0.1) is 0 Å². The van der Waals surface area contributed by atoms with Crippen LogP contribution in [0.5, 0.6) is 0 Å². The third-order valence-corrected chi connectivity index (χ3v) is 5.53. The maximum absolute atomic E-state index is 4.92. The Hall–Kier alpha value is -1.11. The van der Waals surface area contributed by atoms with Gasteiger partial charge in [-0.15, -0.1) is 0 Å². The molecule has 2 aliphatic rings. The molecule has 0 aromatic heterocycles. The van der Waals surface area contributed by atoms with Gasteiger partial charge in [0.15, 0.2) is 0 Å². The molecule has 0 saturated heterocycles. The van der Waals surface area contributed by atoms with Crippen LogP contribution in [0.3, 0.4) is 0 Å². The SMILES string of the molecule is CC1C(=NCCc2ccccc2)CC2(C(C)C)CC12. The number of benzene rings is 1. The molecule has 2 saturated carbocycles. The van der Waals surface area contributed by atoms with Gasteiger partial charge in [-0.1, -0.05) is 51.1 Å². The first-order chi connectivity index (χ1) is 9.13. The van der Waals surface area contributed by atoms with Crippen molar-refractivity contribution in [1.82, 2.24) is 0 Å². The van der Waals surface area contributed by atoms with Crippen LogP contribution in [0, 0.1) is 23.2 Å². The fraction of sp³-hybridized carbons (Fsp3) is 0.611. The molecule has 0 radical (unpaired) electrons. The number of hydrogen-bond acceptors (Lipinski definition) is 1. The average Bonchev–Trinajstić information content (AvgIpc) is 3.08. The third kappa shape index (κ3) is 2.24. The normalized spacial score (nSPS) is 34.8. The Kier molecular flexibility index (Phi) is 3.24. The number of nitrogens with zero attached hydrogens (tertiary/aromatic N) is 1. The summed E-state index contributed by atoms with van der Waals surface area (Å²) in [4.78, 5) is 4.92. The van der Waals surface area contributed by atoms with E-state index in [2.05, 4.69) is 51.1 Å². The minimum atomic E-state index is 0.630. The molecule has 0 spiro atoms. The molecule has 102 valence electrons. The summed E-state index contributed by atoms with van der Waals surface area (Å²) in [5, 5.41) is 0. The van der Waals surface area contributed by atoms with Crippen molar-refractivity contribution >= 4 is 5.71 Å². The standard InChI is InChI=1S/C18H25N/c1-13(2)18-11-16(18)14(3)17(12-18)19-10-9-15-7-5-4-6-8-15/h4-8,13-14,16H,9-12H2,1-3H3. The molecular weight excluding hydrogens is 230 g/mol. The van der Waals surface area contributed by atoms with E-state index in [4.69, 9.17) is 4.99 Å². The van der Waals surface area contributed by atoms with E-state index in [1.165, 1.54) is 24.1 Å². The quantitative estimate of drug-likeness (QED) is 0.757. The molecule has 2 aliphatic carbocycles. The van der Waals surface area contributed by atoms with E-state index in [1.807, 2.05) is 0 Å². The first kappa shape index (κ1) is 12.9. The predicted molar refractivity (Wildman–Crippen MR) is 81.6 cm³/mol. The van der Waals surface area contributed by atoms with Crippen molar-refractivity contribution in [3.63, 3.8) is 0 Å². The summed E-state index contributed by atoms with van der Waals surface area (Å²) in [6.07, 6.45) is 3.80. The van der Waals surface area contributed by atoms with Crippen molar-refractivity contribution in [3.05, 3.63) is 35.9 Å². The van der Waals surface area contributed by atoms with Crippen LogP contribution in [0.4, 0.5) is 0 Å². The molecule has 0 bridgehead atoms. The average molecular weight is 255 g/mol. The zero-order valence-electron chi connectivity index (χ0n) is 12.4. The second kappa shape index (κ2) is 4.77. The van der Waals surface area contributed by atoms with Gasteiger partial charge in [0.2, 0.25) is 0 Å². The van der Waals surface area contributed by atoms with Crippen LogP contribution in [0.15, 0.2) is 35.3 Å². The van der Waals surface area contributed by atoms with Gasteiger partial charge in [-0.3, -0.25) is 4.99 Å². The fourth-order valence-corrected chi connectivity index (χ4v) is 4.00. The highest BCUT2D eigenvalue weighted by molar-refractivity contribution is 5.91. The lowest BCUT2D eigenvalue weighted by molar-refractivity contribution is 0.349. The van der Waals surface area contributed by atoms with Crippen molar-refractivity contribution in [2.45, 2.75) is 40.0 Å². The maximum atomic E-state index is 4.92. The minimum absolute atomic E-state index is 0.630. The fourth-order valence-electron chi connectivity index (χ4n) is 4.00. The van der Waals surface area contributed by atoms with Gasteiger partial charge in [0, 0.05) is 12.3 Å². The second-order valence-corrected chi connectivity index (χ2v) is 6.77. The van der Waals surface area contributed by atoms with Gasteiger partial charge >= 0.3 is 0 Å². The van der Waals surface area contributed by atoms with Crippen molar-refractivity contribution in [1.29, 1.82) is 0 Å². The number of rotatable bonds is 4. The molecule has 19 heavy (non-hydrogen) atoms. The van der Waals surface area contributed by atoms with Crippen LogP contribution in [-0.2, 0) is 6.42 Å². The summed E-state index contributed by atoms with van der Waals surface area (Å²) < 4.78 is 0. The summed E-state index contributed by atoms with van der Waals surface area (Å²) in [6, 6.07) is 10.7. The van der Waals surface area contributed by atoms with Crippen LogP contribution in [-0.4, -0.2) is 12.3 Å². The Morgan fingerprint density at radius 1 is 1.26 bits per heavy atom. The van der Waals surface area contributed by atoms with Crippen molar-refractivity contribution in [2.75, 3.05) is 6.54 Å². The number of hydrogen-bond donors (Lipinski definition) is 0. The molecule has 0 aliphatic heterocycles. The first-order valence-corrected chi connectivity index (χ1v) is 7.70. The monoisotopic (exact) mass is 255 g/mol. The summed E-state index contributed by atoms with van der Waals surface area (Å²) >= 11 is 0. The van der Waals surface area contributed by atoms with Crippen LogP contribution in [0.25, 0.3) is 0 Å². The van der Waals surface area contributed by atoms with Gasteiger partial charge in [0.25, 0.3) is 0 Å². The van der Waals surface area contributed by atoms with E-state index in [1.54, 1.807) is 0 Å². The van der Waals surface area contributed by atoms with Crippen LogP contribution < -0.4 is 0 Å². The highest BCUT2D eigenvalue weighted by atomic mass is 14.8. The lowest BCUT2D eigenvalue weighted by Crippen LogP contribution is -2.12. The van der Waals surface area contributed by atoms with Crippen LogP contribution >= 0.6 is 0 Å². The molecule has 1 aromatic rings. The van der Waals surface area contributed by atoms with E-state index >= 15 is 0 Å². The predicted octanol–water partition coefficient (Wildman–Crippen LogP) is 4.37. The maximum Gasteiger partial charge on any atom is 0.0429 e. The van der Waals surface area contributed by atoms with E-state index in [0.29, 0.717) is 5.41 Å². The zero-order valence-corrected chi connectivity index (χ0v) is 12.4. The number of aliphatic imine (C=N–C) groups is 1. The molecule has 0 N–H and O–H groups in total. The van der Waals surface area contributed by atoms with Crippen molar-refractivity contribution in [3.8, 4) is 0 Å². The van der Waals surface area contributed by atoms with Crippen molar-refractivity contribution in [2.24, 2.45) is 28.2 Å². The topological polar surface area (TPSA) is 12.4 Å². The second-order valence-electron chi connectivity index (χ2n) is 6.77. The molecule has 3 unspecified atom stereocenters. The lowest BCUT2D eigenvalue weighted by Gasteiger charge is -2.16. The van der Waals surface area contributed by atoms with E-state index in [0.717, 1.165) is 30.7 Å². The minimum Gasteiger partial charge on any atom is -0.293 e. The third-order valence-electron chi connectivity index (χ3n) is 5.53. The molecule has 3 atom stereocenters. The Balaban J connectivity index is 1.60. The summed E-state index contributed by atoms with van der Waals surface area (Å²) in [7, 11) is 0. The molecule has 0 amide bonds. The van der Waals surface area contributed by atoms with E-state index in [9.17, 15) is 0 Å². The summed E-state index contributed by atoms with van der Waals surface area (Å²) in [5.41, 5.74) is 3.53. The first-order valence-electron chi connectivity index (χ1n) is 7.70. The molecule has 3 rings (SSSR count). The van der Waals surface area contributed by atoms with Crippen LogP contribution in [0.1, 0.15) is 39.2 Å². The smallest absolute Gasteiger partial charge is 0.0429 e. The van der Waals surface area contributed by atoms with E-state index in [-0.39, 0.29) is 0 Å². The Labute approximate surface area is 117 Å². The van der Waals surface area contributed by atoms with Gasteiger partial charge in [0.1, 0.15) is 0 Å². The Morgan fingerprint density at radius 3 is 2.63 bits per heavy atom. The van der Waals surface area contributed by atoms with E-state index < -0.39 is 0 Å². The lowest BCUT2D eigenvalue weighted by atomic mass is 9.90. The zero-order chi connectivity index (χ0) is 13.5. The number of fused-ring (bicyclic) bond motifs is 1. The summed E-state index contributed by atoms with van der Waals surface area (Å²) in [6.45, 7) is 8.13. The molecule has 1 aromatic carbocycles. The summed E-state index contributed by atoms with van der Waals surface area (Å²) in [5.74, 6) is 2.49. The van der Waals surface area contributed by atoms with Gasteiger partial charge in [-0.25, -0.2) is 0 Å². The Bertz CT molecular complexity index is 474. The van der Waals surface area contributed by atoms with Gasteiger partial charge in [-0.05, 0) is 48.0 Å². The molecular formula is C18H25N. The Morgan fingerprint density at radius 2 is 2.00 bits per heavy atom. The van der Waals surface area contributed by atoms with Crippen LogP contribution in [0.2, 0.25) is 0 Å². The molecule has 0 heterocycles. The largest absolute Gasteiger partial charge is 0.293 e. The molecule has 2 fully saturated rings. The van der Waals surface area contributed by atoms with Gasteiger partial charge < -0.3 is 0 Å². The van der Waals surface area contributed by atoms with Gasteiger partial charge in [-0.2, -0.15) is 0 Å². The molecule has 1 heteroatoms. The molecule has 1 nitrogen and oxygen atoms in total. The highest BCUT2D eigenvalue weighted by Crippen LogP contribution is 2.68.